The minimum Gasteiger partial charge on any atom is -0.375 e. The molecule has 0 bridgehead atoms. The molecule has 1 aromatic carbocycles. The second-order valence-corrected chi connectivity index (χ2v) is 5.14. The fourth-order valence-corrected chi connectivity index (χ4v) is 2.08. The summed E-state index contributed by atoms with van der Waals surface area (Å²) in [5, 5.41) is 2.88. The SMILES string of the molecule is COC(CNC(=O)c1ccc(N(C)C)nc1)c1ccccc1. The Morgan fingerprint density at radius 3 is 2.50 bits per heavy atom. The summed E-state index contributed by atoms with van der Waals surface area (Å²) in [7, 11) is 5.45. The van der Waals surface area contributed by atoms with Gasteiger partial charge in [0.1, 0.15) is 5.82 Å². The maximum atomic E-state index is 12.2. The van der Waals surface area contributed by atoms with Gasteiger partial charge in [-0.3, -0.25) is 4.79 Å². The molecule has 2 aromatic rings. The molecule has 1 unspecified atom stereocenters. The van der Waals surface area contributed by atoms with Crippen molar-refractivity contribution in [3.63, 3.8) is 0 Å². The first-order valence-corrected chi connectivity index (χ1v) is 7.11. The highest BCUT2D eigenvalue weighted by Crippen LogP contribution is 2.15. The highest BCUT2D eigenvalue weighted by Gasteiger charge is 2.13. The molecule has 116 valence electrons. The fraction of sp³-hybridized carbons (Fsp3) is 0.294. The zero-order valence-corrected chi connectivity index (χ0v) is 13.1. The number of ether oxygens (including phenoxy) is 1. The Balaban J connectivity index is 1.96. The second-order valence-electron chi connectivity index (χ2n) is 5.14. The maximum absolute atomic E-state index is 12.2. The molecular formula is C17H21N3O2. The number of anilines is 1. The van der Waals surface area contributed by atoms with Crippen molar-refractivity contribution < 1.29 is 9.53 Å². The Hall–Kier alpha value is -2.40. The number of hydrogen-bond donors (Lipinski definition) is 1. The molecule has 2 rings (SSSR count). The number of nitrogens with zero attached hydrogens (tertiary/aromatic N) is 2. The highest BCUT2D eigenvalue weighted by atomic mass is 16.5. The van der Waals surface area contributed by atoms with Gasteiger partial charge < -0.3 is 15.0 Å². The normalized spacial score (nSPS) is 11.8. The molecule has 0 aliphatic heterocycles. The smallest absolute Gasteiger partial charge is 0.252 e. The molecule has 0 radical (unpaired) electrons. The van der Waals surface area contributed by atoms with Gasteiger partial charge >= 0.3 is 0 Å². The van der Waals surface area contributed by atoms with E-state index in [-0.39, 0.29) is 12.0 Å². The van der Waals surface area contributed by atoms with Gasteiger partial charge in [0.15, 0.2) is 0 Å². The molecule has 0 spiro atoms. The number of amides is 1. The van der Waals surface area contributed by atoms with E-state index in [0.29, 0.717) is 12.1 Å². The second kappa shape index (κ2) is 7.56. The van der Waals surface area contributed by atoms with Crippen molar-refractivity contribution in [3.8, 4) is 0 Å². The number of methoxy groups -OCH3 is 1. The molecular weight excluding hydrogens is 278 g/mol. The van der Waals surface area contributed by atoms with Crippen LogP contribution in [0.5, 0.6) is 0 Å². The molecule has 1 atom stereocenters. The number of nitrogens with one attached hydrogen (secondary N) is 1. The molecule has 5 heteroatoms. The van der Waals surface area contributed by atoms with E-state index in [1.807, 2.05) is 55.4 Å². The van der Waals surface area contributed by atoms with Gasteiger partial charge in [-0.05, 0) is 17.7 Å². The molecule has 0 saturated carbocycles. The summed E-state index contributed by atoms with van der Waals surface area (Å²) in [5.74, 6) is 0.659. The van der Waals surface area contributed by atoms with E-state index in [1.165, 1.54) is 0 Å². The van der Waals surface area contributed by atoms with E-state index >= 15 is 0 Å². The van der Waals surface area contributed by atoms with Crippen molar-refractivity contribution in [2.24, 2.45) is 0 Å². The van der Waals surface area contributed by atoms with Gasteiger partial charge in [0.05, 0.1) is 11.7 Å². The summed E-state index contributed by atoms with van der Waals surface area (Å²) in [6.07, 6.45) is 1.41. The van der Waals surface area contributed by atoms with Crippen molar-refractivity contribution in [1.29, 1.82) is 0 Å². The summed E-state index contributed by atoms with van der Waals surface area (Å²) in [6, 6.07) is 13.4. The predicted molar refractivity (Wildman–Crippen MR) is 87.1 cm³/mol. The molecule has 0 aliphatic carbocycles. The molecule has 5 nitrogen and oxygen atoms in total. The molecule has 1 heterocycles. The van der Waals surface area contributed by atoms with Crippen LogP contribution in [0.1, 0.15) is 22.0 Å². The fourth-order valence-electron chi connectivity index (χ4n) is 2.08. The van der Waals surface area contributed by atoms with Crippen molar-refractivity contribution in [3.05, 3.63) is 59.8 Å². The maximum Gasteiger partial charge on any atom is 0.252 e. The van der Waals surface area contributed by atoms with Crippen molar-refractivity contribution in [2.45, 2.75) is 6.10 Å². The van der Waals surface area contributed by atoms with E-state index in [1.54, 1.807) is 19.4 Å². The van der Waals surface area contributed by atoms with Gasteiger partial charge in [-0.15, -0.1) is 0 Å². The first-order valence-electron chi connectivity index (χ1n) is 7.11. The van der Waals surface area contributed by atoms with Crippen molar-refractivity contribution >= 4 is 11.7 Å². The molecule has 0 saturated heterocycles. The number of carbonyl (C=O) groups is 1. The zero-order valence-electron chi connectivity index (χ0n) is 13.1. The van der Waals surface area contributed by atoms with Gasteiger partial charge in [0.2, 0.25) is 0 Å². The van der Waals surface area contributed by atoms with Gasteiger partial charge in [0, 0.05) is 33.9 Å². The Morgan fingerprint density at radius 1 is 1.23 bits per heavy atom. The van der Waals surface area contributed by atoms with Gasteiger partial charge in [-0.2, -0.15) is 0 Å². The minimum absolute atomic E-state index is 0.157. The summed E-state index contributed by atoms with van der Waals surface area (Å²) < 4.78 is 5.44. The van der Waals surface area contributed by atoms with Gasteiger partial charge in [0.25, 0.3) is 5.91 Å². The third kappa shape index (κ3) is 4.05. The number of carbonyl (C=O) groups excluding carboxylic acids is 1. The standard InChI is InChI=1S/C17H21N3O2/c1-20(2)16-10-9-14(11-18-16)17(21)19-12-15(22-3)13-7-5-4-6-8-13/h4-11,15H,12H2,1-3H3,(H,19,21). The van der Waals surface area contributed by atoms with Crippen LogP contribution < -0.4 is 10.2 Å². The number of pyridine rings is 1. The Kier molecular flexibility index (Phi) is 5.49. The highest BCUT2D eigenvalue weighted by molar-refractivity contribution is 5.94. The Bertz CT molecular complexity index is 597. The quantitative estimate of drug-likeness (QED) is 0.889. The third-order valence-electron chi connectivity index (χ3n) is 3.37. The number of hydrogen-bond acceptors (Lipinski definition) is 4. The van der Waals surface area contributed by atoms with Crippen LogP contribution in [0.25, 0.3) is 0 Å². The lowest BCUT2D eigenvalue weighted by Crippen LogP contribution is -2.29. The molecule has 1 aromatic heterocycles. The van der Waals surface area contributed by atoms with E-state index in [2.05, 4.69) is 10.3 Å². The summed E-state index contributed by atoms with van der Waals surface area (Å²) >= 11 is 0. The summed E-state index contributed by atoms with van der Waals surface area (Å²) in [6.45, 7) is 0.411. The van der Waals surface area contributed by atoms with Crippen LogP contribution in [0.2, 0.25) is 0 Å². The number of rotatable bonds is 6. The van der Waals surface area contributed by atoms with Gasteiger partial charge in [-0.25, -0.2) is 4.98 Å². The van der Waals surface area contributed by atoms with Crippen LogP contribution in [0.3, 0.4) is 0 Å². The summed E-state index contributed by atoms with van der Waals surface area (Å²) in [4.78, 5) is 18.3. The van der Waals surface area contributed by atoms with Crippen LogP contribution in [0.4, 0.5) is 5.82 Å². The number of benzene rings is 1. The van der Waals surface area contributed by atoms with E-state index in [0.717, 1.165) is 11.4 Å². The Labute approximate surface area is 130 Å². The first-order chi connectivity index (χ1) is 10.6. The van der Waals surface area contributed by atoms with Crippen molar-refractivity contribution in [1.82, 2.24) is 10.3 Å². The lowest BCUT2D eigenvalue weighted by atomic mass is 10.1. The van der Waals surface area contributed by atoms with Gasteiger partial charge in [-0.1, -0.05) is 30.3 Å². The summed E-state index contributed by atoms with van der Waals surface area (Å²) in [5.41, 5.74) is 1.57. The average molecular weight is 299 g/mol. The minimum atomic E-state index is -0.167. The topological polar surface area (TPSA) is 54.5 Å². The average Bonchev–Trinajstić information content (AvgIpc) is 2.56. The molecule has 0 aliphatic rings. The lowest BCUT2D eigenvalue weighted by Gasteiger charge is -2.16. The lowest BCUT2D eigenvalue weighted by molar-refractivity contribution is 0.0827. The van der Waals surface area contributed by atoms with Crippen LogP contribution in [-0.2, 0) is 4.74 Å². The van der Waals surface area contributed by atoms with Crippen LogP contribution >= 0.6 is 0 Å². The monoisotopic (exact) mass is 299 g/mol. The predicted octanol–water partition coefficient (Wildman–Crippen LogP) is 2.27. The first kappa shape index (κ1) is 16.0. The largest absolute Gasteiger partial charge is 0.375 e. The third-order valence-corrected chi connectivity index (χ3v) is 3.37. The molecule has 1 amide bonds. The number of aromatic nitrogens is 1. The van der Waals surface area contributed by atoms with Crippen LogP contribution in [-0.4, -0.2) is 38.6 Å². The van der Waals surface area contributed by atoms with Crippen LogP contribution in [0, 0.1) is 0 Å². The Morgan fingerprint density at radius 2 is 1.95 bits per heavy atom. The molecule has 22 heavy (non-hydrogen) atoms. The van der Waals surface area contributed by atoms with Crippen molar-refractivity contribution in [2.75, 3.05) is 32.6 Å². The molecule has 1 N–H and O–H groups in total. The van der Waals surface area contributed by atoms with Crippen LogP contribution in [0.15, 0.2) is 48.7 Å². The van der Waals surface area contributed by atoms with E-state index < -0.39 is 0 Å². The van der Waals surface area contributed by atoms with E-state index in [4.69, 9.17) is 4.74 Å². The zero-order chi connectivity index (χ0) is 15.9. The molecule has 0 fully saturated rings. The van der Waals surface area contributed by atoms with E-state index in [9.17, 15) is 4.79 Å².